The minimum atomic E-state index is -0.311. The number of hydrogen-bond donors (Lipinski definition) is 1. The molecule has 0 bridgehead atoms. The Morgan fingerprint density at radius 2 is 2.00 bits per heavy atom. The van der Waals surface area contributed by atoms with Crippen molar-refractivity contribution >= 4 is 50.9 Å². The van der Waals surface area contributed by atoms with Crippen LogP contribution in [-0.2, 0) is 11.8 Å². The van der Waals surface area contributed by atoms with Crippen molar-refractivity contribution in [3.8, 4) is 11.4 Å². The van der Waals surface area contributed by atoms with Crippen LogP contribution in [0.1, 0.15) is 0 Å². The van der Waals surface area contributed by atoms with E-state index in [0.29, 0.717) is 21.7 Å². The lowest BCUT2D eigenvalue weighted by molar-refractivity contribution is -0.113. The first-order chi connectivity index (χ1) is 12.4. The Morgan fingerprint density at radius 3 is 2.69 bits per heavy atom. The molecule has 2 aromatic carbocycles. The number of amides is 1. The summed E-state index contributed by atoms with van der Waals surface area (Å²) >= 11 is 10.7. The smallest absolute Gasteiger partial charge is 0.234 e. The van der Waals surface area contributed by atoms with Crippen molar-refractivity contribution in [3.63, 3.8) is 0 Å². The average molecular weight is 456 g/mol. The molecule has 5 nitrogen and oxygen atoms in total. The minimum Gasteiger partial charge on any atom is -0.324 e. The van der Waals surface area contributed by atoms with Crippen LogP contribution < -0.4 is 5.32 Å². The largest absolute Gasteiger partial charge is 0.324 e. The molecule has 3 rings (SSSR count). The van der Waals surface area contributed by atoms with Crippen LogP contribution in [0, 0.1) is 5.82 Å². The third-order valence-corrected chi connectivity index (χ3v) is 5.30. The lowest BCUT2D eigenvalue weighted by Crippen LogP contribution is -2.14. The van der Waals surface area contributed by atoms with E-state index in [-0.39, 0.29) is 17.5 Å². The molecular weight excluding hydrogens is 443 g/mol. The van der Waals surface area contributed by atoms with Crippen molar-refractivity contribution < 1.29 is 9.18 Å². The van der Waals surface area contributed by atoms with Crippen LogP contribution >= 0.6 is 39.3 Å². The molecule has 0 fully saturated rings. The van der Waals surface area contributed by atoms with E-state index in [1.165, 1.54) is 23.9 Å². The Balaban J connectivity index is 1.64. The molecule has 1 amide bonds. The van der Waals surface area contributed by atoms with E-state index < -0.39 is 0 Å². The summed E-state index contributed by atoms with van der Waals surface area (Å²) in [4.78, 5) is 12.1. The fraction of sp³-hybridized carbons (Fsp3) is 0.118. The fourth-order valence-corrected chi connectivity index (χ4v) is 3.63. The number of nitrogens with zero attached hydrogens (tertiary/aromatic N) is 3. The van der Waals surface area contributed by atoms with Gasteiger partial charge in [-0.25, -0.2) is 4.39 Å². The van der Waals surface area contributed by atoms with Gasteiger partial charge in [0.05, 0.1) is 16.5 Å². The molecule has 0 aliphatic rings. The van der Waals surface area contributed by atoms with Gasteiger partial charge in [-0.15, -0.1) is 10.2 Å². The van der Waals surface area contributed by atoms with E-state index in [0.717, 1.165) is 10.0 Å². The normalized spacial score (nSPS) is 10.8. The lowest BCUT2D eigenvalue weighted by atomic mass is 10.2. The summed E-state index contributed by atoms with van der Waals surface area (Å²) < 4.78 is 15.6. The molecule has 0 spiro atoms. The summed E-state index contributed by atoms with van der Waals surface area (Å²) in [5.74, 6) is 0.241. The fourth-order valence-electron chi connectivity index (χ4n) is 2.20. The topological polar surface area (TPSA) is 59.8 Å². The van der Waals surface area contributed by atoms with Gasteiger partial charge in [-0.05, 0) is 42.5 Å². The van der Waals surface area contributed by atoms with Gasteiger partial charge in [-0.3, -0.25) is 4.79 Å². The number of nitrogens with one attached hydrogen (secondary N) is 1. The summed E-state index contributed by atoms with van der Waals surface area (Å²) in [6.07, 6.45) is 0. The second kappa shape index (κ2) is 8.20. The summed E-state index contributed by atoms with van der Waals surface area (Å²) in [6, 6.07) is 11.2. The van der Waals surface area contributed by atoms with E-state index in [4.69, 9.17) is 11.6 Å². The quantitative estimate of drug-likeness (QED) is 0.563. The highest BCUT2D eigenvalue weighted by Crippen LogP contribution is 2.26. The molecule has 9 heteroatoms. The molecular formula is C17H13BrClFN4OS. The molecule has 3 aromatic rings. The van der Waals surface area contributed by atoms with Crippen LogP contribution in [0.25, 0.3) is 11.4 Å². The number of aromatic nitrogens is 3. The number of halogens is 3. The zero-order valence-corrected chi connectivity index (χ0v) is 16.7. The Labute approximate surface area is 167 Å². The molecule has 0 saturated carbocycles. The summed E-state index contributed by atoms with van der Waals surface area (Å²) in [5, 5.41) is 12.0. The van der Waals surface area contributed by atoms with E-state index in [2.05, 4.69) is 31.4 Å². The van der Waals surface area contributed by atoms with Crippen molar-refractivity contribution in [2.24, 2.45) is 7.05 Å². The van der Waals surface area contributed by atoms with Gasteiger partial charge in [-0.2, -0.15) is 0 Å². The van der Waals surface area contributed by atoms with Crippen molar-refractivity contribution in [2.45, 2.75) is 5.16 Å². The van der Waals surface area contributed by atoms with Gasteiger partial charge in [0.25, 0.3) is 0 Å². The molecule has 0 aliphatic heterocycles. The van der Waals surface area contributed by atoms with Crippen LogP contribution in [-0.4, -0.2) is 26.4 Å². The predicted molar refractivity (Wildman–Crippen MR) is 105 cm³/mol. The molecule has 0 atom stereocenters. The number of benzene rings is 2. The predicted octanol–water partition coefficient (Wildman–Crippen LogP) is 4.77. The monoisotopic (exact) mass is 454 g/mol. The maximum absolute atomic E-state index is 13.0. The third-order valence-electron chi connectivity index (χ3n) is 3.47. The second-order valence-corrected chi connectivity index (χ2v) is 7.60. The van der Waals surface area contributed by atoms with Gasteiger partial charge in [0.15, 0.2) is 11.0 Å². The zero-order chi connectivity index (χ0) is 18.7. The molecule has 0 saturated heterocycles. The maximum atomic E-state index is 13.0. The Kier molecular flexibility index (Phi) is 5.95. The van der Waals surface area contributed by atoms with Crippen LogP contribution in [0.3, 0.4) is 0 Å². The lowest BCUT2D eigenvalue weighted by Gasteiger charge is -2.07. The van der Waals surface area contributed by atoms with E-state index >= 15 is 0 Å². The standard InChI is InChI=1S/C17H13BrClFN4OS/c1-24-16(10-2-5-12(20)6-3-10)22-23-17(24)26-9-15(25)21-14-7-4-11(18)8-13(14)19/h2-8H,9H2,1H3,(H,21,25). The summed E-state index contributed by atoms with van der Waals surface area (Å²) in [5.41, 5.74) is 1.30. The van der Waals surface area contributed by atoms with E-state index in [1.807, 2.05) is 0 Å². The van der Waals surface area contributed by atoms with Gasteiger partial charge in [0, 0.05) is 17.1 Å². The molecule has 0 aliphatic carbocycles. The number of rotatable bonds is 5. The molecule has 134 valence electrons. The van der Waals surface area contributed by atoms with Crippen molar-refractivity contribution in [1.29, 1.82) is 0 Å². The van der Waals surface area contributed by atoms with Crippen LogP contribution in [0.4, 0.5) is 10.1 Å². The van der Waals surface area contributed by atoms with Gasteiger partial charge >= 0.3 is 0 Å². The first kappa shape index (κ1) is 18.9. The van der Waals surface area contributed by atoms with Crippen LogP contribution in [0.5, 0.6) is 0 Å². The molecule has 1 N–H and O–H groups in total. The van der Waals surface area contributed by atoms with E-state index in [9.17, 15) is 9.18 Å². The first-order valence-electron chi connectivity index (χ1n) is 7.47. The minimum absolute atomic E-state index is 0.155. The molecule has 0 unspecified atom stereocenters. The summed E-state index contributed by atoms with van der Waals surface area (Å²) in [7, 11) is 1.80. The van der Waals surface area contributed by atoms with Gasteiger partial charge in [0.1, 0.15) is 5.82 Å². The first-order valence-corrected chi connectivity index (χ1v) is 9.63. The Bertz CT molecular complexity index is 948. The van der Waals surface area contributed by atoms with Crippen molar-refractivity contribution in [1.82, 2.24) is 14.8 Å². The van der Waals surface area contributed by atoms with Crippen molar-refractivity contribution in [2.75, 3.05) is 11.1 Å². The number of hydrogen-bond acceptors (Lipinski definition) is 4. The number of carbonyl (C=O) groups excluding carboxylic acids is 1. The molecule has 1 heterocycles. The molecule has 1 aromatic heterocycles. The van der Waals surface area contributed by atoms with Gasteiger partial charge in [-0.1, -0.05) is 39.3 Å². The number of anilines is 1. The van der Waals surface area contributed by atoms with Gasteiger partial charge < -0.3 is 9.88 Å². The zero-order valence-electron chi connectivity index (χ0n) is 13.5. The molecule has 0 radical (unpaired) electrons. The third kappa shape index (κ3) is 4.44. The average Bonchev–Trinajstić information content (AvgIpc) is 2.97. The van der Waals surface area contributed by atoms with Crippen LogP contribution in [0.2, 0.25) is 5.02 Å². The van der Waals surface area contributed by atoms with Crippen LogP contribution in [0.15, 0.2) is 52.1 Å². The second-order valence-electron chi connectivity index (χ2n) is 5.33. The molecule has 26 heavy (non-hydrogen) atoms. The number of thioether (sulfide) groups is 1. The Hall–Kier alpha value is -1.90. The maximum Gasteiger partial charge on any atom is 0.234 e. The highest BCUT2D eigenvalue weighted by Gasteiger charge is 2.14. The summed E-state index contributed by atoms with van der Waals surface area (Å²) in [6.45, 7) is 0. The highest BCUT2D eigenvalue weighted by molar-refractivity contribution is 9.10. The highest BCUT2D eigenvalue weighted by atomic mass is 79.9. The number of carbonyl (C=O) groups is 1. The van der Waals surface area contributed by atoms with Gasteiger partial charge in [0.2, 0.25) is 5.91 Å². The van der Waals surface area contributed by atoms with E-state index in [1.54, 1.807) is 41.9 Å². The SMILES string of the molecule is Cn1c(SCC(=O)Nc2ccc(Br)cc2Cl)nnc1-c1ccc(F)cc1. The van der Waals surface area contributed by atoms with Crippen molar-refractivity contribution in [3.05, 3.63) is 57.8 Å². The Morgan fingerprint density at radius 1 is 1.27 bits per heavy atom.